The highest BCUT2D eigenvalue weighted by atomic mass is 16.4. The van der Waals surface area contributed by atoms with Crippen LogP contribution in [0.15, 0.2) is 48.7 Å². The molecule has 1 unspecified atom stereocenters. The van der Waals surface area contributed by atoms with Crippen LogP contribution < -0.4 is 25.6 Å². The SMILES string of the molecule is CN(C)c1ccc(NC(=O)CC([NH2+]Cc2cccc[nH+]2)C(=O)[O-])cc1. The van der Waals surface area contributed by atoms with E-state index in [0.29, 0.717) is 12.2 Å². The summed E-state index contributed by atoms with van der Waals surface area (Å²) in [5, 5.41) is 15.6. The first-order valence-corrected chi connectivity index (χ1v) is 8.02. The summed E-state index contributed by atoms with van der Waals surface area (Å²) in [7, 11) is 3.86. The molecule has 7 nitrogen and oxygen atoms in total. The molecule has 1 aromatic carbocycles. The Kier molecular flexibility index (Phi) is 6.47. The van der Waals surface area contributed by atoms with Crippen LogP contribution in [-0.2, 0) is 16.1 Å². The number of nitrogens with two attached hydrogens (primary N) is 1. The van der Waals surface area contributed by atoms with E-state index in [1.807, 2.05) is 49.3 Å². The van der Waals surface area contributed by atoms with Crippen molar-refractivity contribution in [3.8, 4) is 0 Å². The van der Waals surface area contributed by atoms with Crippen LogP contribution in [0.3, 0.4) is 0 Å². The highest BCUT2D eigenvalue weighted by Gasteiger charge is 2.19. The predicted molar refractivity (Wildman–Crippen MR) is 91.4 cm³/mol. The number of benzene rings is 1. The molecule has 0 fully saturated rings. The third-order valence-electron chi connectivity index (χ3n) is 3.77. The second-order valence-corrected chi connectivity index (χ2v) is 5.95. The Morgan fingerprint density at radius 2 is 1.92 bits per heavy atom. The monoisotopic (exact) mass is 343 g/mol. The zero-order valence-corrected chi connectivity index (χ0v) is 14.4. The molecule has 132 valence electrons. The molecule has 0 spiro atoms. The number of carbonyl (C=O) groups is 2. The lowest BCUT2D eigenvalue weighted by atomic mass is 10.2. The van der Waals surface area contributed by atoms with Crippen LogP contribution in [-0.4, -0.2) is 32.0 Å². The standard InChI is InChI=1S/C18H22N4O3/c1-22(2)15-8-6-13(7-9-15)21-17(23)11-16(18(24)25)20-12-14-5-3-4-10-19-14/h3-10,16,20H,11-12H2,1-2H3,(H,21,23)(H,24,25)/p+1. The summed E-state index contributed by atoms with van der Waals surface area (Å²) in [5.41, 5.74) is 2.51. The van der Waals surface area contributed by atoms with Crippen molar-refractivity contribution in [1.29, 1.82) is 0 Å². The fraction of sp³-hybridized carbons (Fsp3) is 0.278. The molecule has 1 heterocycles. The first-order valence-electron chi connectivity index (χ1n) is 8.02. The molecular weight excluding hydrogens is 320 g/mol. The summed E-state index contributed by atoms with van der Waals surface area (Å²) in [6, 6.07) is 11.9. The number of aliphatic carboxylic acids is 1. The van der Waals surface area contributed by atoms with E-state index in [1.54, 1.807) is 23.6 Å². The maximum absolute atomic E-state index is 12.1. The average Bonchev–Trinajstić information content (AvgIpc) is 2.59. The number of pyridine rings is 1. The maximum Gasteiger partial charge on any atom is 0.234 e. The number of H-pyrrole nitrogens is 1. The summed E-state index contributed by atoms with van der Waals surface area (Å²) in [5.74, 6) is -1.62. The fourth-order valence-corrected chi connectivity index (χ4v) is 2.34. The molecule has 1 aromatic heterocycles. The van der Waals surface area contributed by atoms with Gasteiger partial charge in [0.05, 0.1) is 12.4 Å². The van der Waals surface area contributed by atoms with Crippen molar-refractivity contribution in [3.05, 3.63) is 54.4 Å². The van der Waals surface area contributed by atoms with Gasteiger partial charge in [-0.15, -0.1) is 0 Å². The number of nitrogens with zero attached hydrogens (tertiary/aromatic N) is 1. The van der Waals surface area contributed by atoms with Crippen LogP contribution in [0.25, 0.3) is 0 Å². The first-order chi connectivity index (χ1) is 12.0. The van der Waals surface area contributed by atoms with Gasteiger partial charge in [-0.3, -0.25) is 4.79 Å². The minimum Gasteiger partial charge on any atom is -0.544 e. The molecule has 0 saturated heterocycles. The Bertz CT molecular complexity index is 702. The number of hydrogen-bond acceptors (Lipinski definition) is 4. The van der Waals surface area contributed by atoms with Crippen molar-refractivity contribution >= 4 is 23.3 Å². The predicted octanol–water partition coefficient (Wildman–Crippen LogP) is -1.22. The van der Waals surface area contributed by atoms with Crippen molar-refractivity contribution < 1.29 is 25.0 Å². The van der Waals surface area contributed by atoms with Crippen molar-refractivity contribution in [1.82, 2.24) is 0 Å². The summed E-state index contributed by atoms with van der Waals surface area (Å²) < 4.78 is 0. The average molecular weight is 343 g/mol. The van der Waals surface area contributed by atoms with Crippen LogP contribution in [0, 0.1) is 0 Å². The number of nitrogens with one attached hydrogen (secondary N) is 2. The van der Waals surface area contributed by atoms with Crippen LogP contribution in [0.2, 0.25) is 0 Å². The Morgan fingerprint density at radius 1 is 1.20 bits per heavy atom. The van der Waals surface area contributed by atoms with Gasteiger partial charge in [0.25, 0.3) is 0 Å². The molecule has 0 aliphatic carbocycles. The number of anilines is 2. The largest absolute Gasteiger partial charge is 0.544 e. The third-order valence-corrected chi connectivity index (χ3v) is 3.77. The number of hydrogen-bond donors (Lipinski definition) is 2. The molecule has 2 rings (SSSR count). The molecule has 0 radical (unpaired) electrons. The quantitative estimate of drug-likeness (QED) is 0.627. The first kappa shape index (κ1) is 18.4. The molecule has 1 amide bonds. The van der Waals surface area contributed by atoms with Gasteiger partial charge in [0, 0.05) is 37.6 Å². The van der Waals surface area contributed by atoms with E-state index in [1.165, 1.54) is 0 Å². The normalized spacial score (nSPS) is 11.6. The van der Waals surface area contributed by atoms with Crippen molar-refractivity contribution in [2.45, 2.75) is 19.0 Å². The Balaban J connectivity index is 1.90. The smallest absolute Gasteiger partial charge is 0.234 e. The second-order valence-electron chi connectivity index (χ2n) is 5.95. The van der Waals surface area contributed by atoms with Crippen LogP contribution in [0.4, 0.5) is 11.4 Å². The Labute approximate surface area is 146 Å². The van der Waals surface area contributed by atoms with Gasteiger partial charge in [0.2, 0.25) is 11.6 Å². The van der Waals surface area contributed by atoms with E-state index in [4.69, 9.17) is 0 Å². The number of aromatic nitrogens is 1. The second kappa shape index (κ2) is 8.79. The van der Waals surface area contributed by atoms with E-state index < -0.39 is 12.0 Å². The Morgan fingerprint density at radius 3 is 2.48 bits per heavy atom. The fourth-order valence-electron chi connectivity index (χ4n) is 2.34. The van der Waals surface area contributed by atoms with Crippen LogP contribution >= 0.6 is 0 Å². The van der Waals surface area contributed by atoms with Gasteiger partial charge in [-0.25, -0.2) is 4.98 Å². The van der Waals surface area contributed by atoms with E-state index in [9.17, 15) is 14.7 Å². The number of rotatable bonds is 8. The van der Waals surface area contributed by atoms with E-state index in [-0.39, 0.29) is 12.3 Å². The van der Waals surface area contributed by atoms with E-state index in [0.717, 1.165) is 11.4 Å². The van der Waals surface area contributed by atoms with E-state index in [2.05, 4.69) is 10.3 Å². The third kappa shape index (κ3) is 5.89. The molecule has 0 saturated carbocycles. The highest BCUT2D eigenvalue weighted by molar-refractivity contribution is 5.93. The summed E-state index contributed by atoms with van der Waals surface area (Å²) in [6.45, 7) is 0.421. The molecule has 0 aliphatic rings. The maximum atomic E-state index is 12.1. The highest BCUT2D eigenvalue weighted by Crippen LogP contribution is 2.15. The molecular formula is C18H23N4O3+. The summed E-state index contributed by atoms with van der Waals surface area (Å²) >= 11 is 0. The zero-order valence-electron chi connectivity index (χ0n) is 14.4. The van der Waals surface area contributed by atoms with Gasteiger partial charge in [0.1, 0.15) is 6.04 Å². The topological polar surface area (TPSA) is 103 Å². The van der Waals surface area contributed by atoms with Crippen molar-refractivity contribution in [2.75, 3.05) is 24.3 Å². The minimum absolute atomic E-state index is 0.162. The molecule has 1 atom stereocenters. The number of carboxylic acid groups (broad SMARTS) is 1. The number of quaternary nitrogens is 1. The van der Waals surface area contributed by atoms with Crippen LogP contribution in [0.1, 0.15) is 12.1 Å². The summed E-state index contributed by atoms with van der Waals surface area (Å²) in [4.78, 5) is 28.4. The van der Waals surface area contributed by atoms with Gasteiger partial charge >= 0.3 is 0 Å². The lowest BCUT2D eigenvalue weighted by Crippen LogP contribution is -2.92. The van der Waals surface area contributed by atoms with Gasteiger partial charge in [-0.2, -0.15) is 0 Å². The van der Waals surface area contributed by atoms with Crippen LogP contribution in [0.5, 0.6) is 0 Å². The molecule has 0 bridgehead atoms. The molecule has 4 N–H and O–H groups in total. The molecule has 7 heteroatoms. The molecule has 0 aliphatic heterocycles. The Hall–Kier alpha value is -2.93. The lowest BCUT2D eigenvalue weighted by molar-refractivity contribution is -0.706. The number of carboxylic acids is 1. The number of amides is 1. The van der Waals surface area contributed by atoms with Crippen molar-refractivity contribution in [3.63, 3.8) is 0 Å². The minimum atomic E-state index is -1.26. The van der Waals surface area contributed by atoms with Gasteiger partial charge < -0.3 is 25.4 Å². The zero-order chi connectivity index (χ0) is 18.2. The van der Waals surface area contributed by atoms with Gasteiger partial charge in [0.15, 0.2) is 12.7 Å². The molecule has 25 heavy (non-hydrogen) atoms. The van der Waals surface area contributed by atoms with E-state index >= 15 is 0 Å². The lowest BCUT2D eigenvalue weighted by Gasteiger charge is -2.16. The number of carbonyl (C=O) groups excluding carboxylic acids is 2. The van der Waals surface area contributed by atoms with Gasteiger partial charge in [-0.05, 0) is 30.3 Å². The molecule has 2 aromatic rings. The van der Waals surface area contributed by atoms with Crippen molar-refractivity contribution in [2.24, 2.45) is 0 Å². The number of aromatic amines is 1. The van der Waals surface area contributed by atoms with Gasteiger partial charge in [-0.1, -0.05) is 0 Å². The summed E-state index contributed by atoms with van der Waals surface area (Å²) in [6.07, 6.45) is 1.60.